The molecule has 0 radical (unpaired) electrons. The average molecular weight is 265 g/mol. The average Bonchev–Trinajstić information content (AvgIpc) is 2.84. The lowest BCUT2D eigenvalue weighted by atomic mass is 10.3. The Morgan fingerprint density at radius 1 is 1.47 bits per heavy atom. The Balaban J connectivity index is 1.98. The standard InChI is InChI=1S/C11H9ClN4S/c12-10-8(5-13)1-3-14-11(10)15-4-2-9-6-17-7-16-9/h1,3,6-7H,2,4H2,(H,14,15). The lowest BCUT2D eigenvalue weighted by molar-refractivity contribution is 0.968. The topological polar surface area (TPSA) is 61.6 Å². The van der Waals surface area contributed by atoms with E-state index in [-0.39, 0.29) is 0 Å². The minimum Gasteiger partial charge on any atom is -0.368 e. The van der Waals surface area contributed by atoms with E-state index in [1.807, 2.05) is 11.4 Å². The van der Waals surface area contributed by atoms with E-state index in [9.17, 15) is 0 Å². The molecule has 0 spiro atoms. The number of pyridine rings is 1. The predicted molar refractivity (Wildman–Crippen MR) is 68.3 cm³/mol. The van der Waals surface area contributed by atoms with Gasteiger partial charge >= 0.3 is 0 Å². The van der Waals surface area contributed by atoms with Crippen LogP contribution >= 0.6 is 22.9 Å². The Kier molecular flexibility index (Phi) is 3.91. The molecule has 0 unspecified atom stereocenters. The SMILES string of the molecule is N#Cc1ccnc(NCCc2cscn2)c1Cl. The van der Waals surface area contributed by atoms with Gasteiger partial charge in [-0.05, 0) is 6.07 Å². The highest BCUT2D eigenvalue weighted by molar-refractivity contribution is 7.07. The summed E-state index contributed by atoms with van der Waals surface area (Å²) in [5, 5.41) is 14.3. The molecule has 17 heavy (non-hydrogen) atoms. The molecule has 6 heteroatoms. The number of halogens is 1. The van der Waals surface area contributed by atoms with E-state index in [0.717, 1.165) is 12.1 Å². The first-order valence-corrected chi connectivity index (χ1v) is 6.29. The van der Waals surface area contributed by atoms with Crippen LogP contribution in [0, 0.1) is 11.3 Å². The van der Waals surface area contributed by atoms with Crippen LogP contribution in [-0.4, -0.2) is 16.5 Å². The Morgan fingerprint density at radius 2 is 2.35 bits per heavy atom. The monoisotopic (exact) mass is 264 g/mol. The number of aromatic nitrogens is 2. The zero-order chi connectivity index (χ0) is 12.1. The first kappa shape index (κ1) is 11.8. The van der Waals surface area contributed by atoms with E-state index in [0.29, 0.717) is 22.9 Å². The first-order chi connectivity index (χ1) is 8.31. The minimum absolute atomic E-state index is 0.369. The summed E-state index contributed by atoms with van der Waals surface area (Å²) in [4.78, 5) is 8.27. The molecule has 2 rings (SSSR count). The molecule has 2 aromatic rings. The third kappa shape index (κ3) is 2.93. The molecule has 2 aromatic heterocycles. The van der Waals surface area contributed by atoms with Crippen LogP contribution in [0.2, 0.25) is 5.02 Å². The summed E-state index contributed by atoms with van der Waals surface area (Å²) in [7, 11) is 0. The van der Waals surface area contributed by atoms with Crippen molar-refractivity contribution < 1.29 is 0 Å². The molecule has 0 atom stereocenters. The van der Waals surface area contributed by atoms with Gasteiger partial charge in [-0.15, -0.1) is 11.3 Å². The molecular weight excluding hydrogens is 256 g/mol. The van der Waals surface area contributed by atoms with Gasteiger partial charge in [0.05, 0.1) is 16.8 Å². The van der Waals surface area contributed by atoms with E-state index in [4.69, 9.17) is 16.9 Å². The van der Waals surface area contributed by atoms with Gasteiger partial charge < -0.3 is 5.32 Å². The molecule has 0 aliphatic heterocycles. The fraction of sp³-hybridized carbons (Fsp3) is 0.182. The van der Waals surface area contributed by atoms with Crippen LogP contribution in [0.5, 0.6) is 0 Å². The summed E-state index contributed by atoms with van der Waals surface area (Å²) in [6.45, 7) is 0.686. The van der Waals surface area contributed by atoms with Crippen LogP contribution in [0.4, 0.5) is 5.82 Å². The van der Waals surface area contributed by atoms with Gasteiger partial charge in [0, 0.05) is 24.5 Å². The number of nitriles is 1. The third-order valence-corrected chi connectivity index (χ3v) is 3.18. The molecule has 0 amide bonds. The number of nitrogens with zero attached hydrogens (tertiary/aromatic N) is 3. The van der Waals surface area contributed by atoms with Crippen LogP contribution in [0.1, 0.15) is 11.3 Å². The van der Waals surface area contributed by atoms with Gasteiger partial charge in [0.1, 0.15) is 16.9 Å². The lowest BCUT2D eigenvalue weighted by Gasteiger charge is -2.06. The maximum absolute atomic E-state index is 8.82. The summed E-state index contributed by atoms with van der Waals surface area (Å²) < 4.78 is 0. The Morgan fingerprint density at radius 3 is 3.06 bits per heavy atom. The zero-order valence-electron chi connectivity index (χ0n) is 8.85. The van der Waals surface area contributed by atoms with E-state index >= 15 is 0 Å². The van der Waals surface area contributed by atoms with E-state index in [1.165, 1.54) is 0 Å². The number of rotatable bonds is 4. The van der Waals surface area contributed by atoms with Crippen LogP contribution in [0.15, 0.2) is 23.2 Å². The molecule has 86 valence electrons. The molecule has 4 nitrogen and oxygen atoms in total. The summed E-state index contributed by atoms with van der Waals surface area (Å²) >= 11 is 7.58. The van der Waals surface area contributed by atoms with Crippen molar-refractivity contribution in [1.82, 2.24) is 9.97 Å². The number of nitrogens with one attached hydrogen (secondary N) is 1. The second kappa shape index (κ2) is 5.62. The lowest BCUT2D eigenvalue weighted by Crippen LogP contribution is -2.07. The van der Waals surface area contributed by atoms with Crippen molar-refractivity contribution in [2.45, 2.75) is 6.42 Å². The summed E-state index contributed by atoms with van der Waals surface area (Å²) in [6.07, 6.45) is 2.37. The maximum Gasteiger partial charge on any atom is 0.146 e. The van der Waals surface area contributed by atoms with Crippen molar-refractivity contribution in [2.24, 2.45) is 0 Å². The van der Waals surface area contributed by atoms with Crippen LogP contribution in [0.25, 0.3) is 0 Å². The molecule has 1 N–H and O–H groups in total. The largest absolute Gasteiger partial charge is 0.368 e. The van der Waals surface area contributed by atoms with Crippen molar-refractivity contribution in [1.29, 1.82) is 5.26 Å². The molecule has 0 saturated heterocycles. The molecular formula is C11H9ClN4S. The van der Waals surface area contributed by atoms with Gasteiger partial charge in [-0.3, -0.25) is 0 Å². The molecule has 0 bridgehead atoms. The van der Waals surface area contributed by atoms with Crippen molar-refractivity contribution in [3.63, 3.8) is 0 Å². The van der Waals surface area contributed by atoms with Crippen molar-refractivity contribution in [3.05, 3.63) is 39.4 Å². The predicted octanol–water partition coefficient (Wildman–Crippen LogP) is 2.72. The summed E-state index contributed by atoms with van der Waals surface area (Å²) in [5.41, 5.74) is 3.27. The van der Waals surface area contributed by atoms with Crippen LogP contribution in [-0.2, 0) is 6.42 Å². The minimum atomic E-state index is 0.369. The first-order valence-electron chi connectivity index (χ1n) is 4.97. The van der Waals surface area contributed by atoms with Gasteiger partial charge in [0.25, 0.3) is 0 Å². The summed E-state index contributed by atoms with van der Waals surface area (Å²) in [6, 6.07) is 3.61. The Labute approximate surface area is 108 Å². The second-order valence-corrected chi connectivity index (χ2v) is 4.39. The number of hydrogen-bond acceptors (Lipinski definition) is 5. The molecule has 0 saturated carbocycles. The fourth-order valence-electron chi connectivity index (χ4n) is 1.32. The van der Waals surface area contributed by atoms with E-state index < -0.39 is 0 Å². The van der Waals surface area contributed by atoms with Gasteiger partial charge in [-0.1, -0.05) is 11.6 Å². The zero-order valence-corrected chi connectivity index (χ0v) is 10.4. The van der Waals surface area contributed by atoms with Gasteiger partial charge in [0.2, 0.25) is 0 Å². The van der Waals surface area contributed by atoms with E-state index in [2.05, 4.69) is 15.3 Å². The Hall–Kier alpha value is -1.64. The van der Waals surface area contributed by atoms with Gasteiger partial charge in [0.15, 0.2) is 0 Å². The smallest absolute Gasteiger partial charge is 0.146 e. The van der Waals surface area contributed by atoms with Crippen LogP contribution < -0.4 is 5.32 Å². The number of anilines is 1. The molecule has 0 aromatic carbocycles. The Bertz CT molecular complexity index is 533. The van der Waals surface area contributed by atoms with Crippen molar-refractivity contribution in [2.75, 3.05) is 11.9 Å². The fourth-order valence-corrected chi connectivity index (χ4v) is 2.14. The highest BCUT2D eigenvalue weighted by Crippen LogP contribution is 2.22. The normalized spacial score (nSPS) is 9.88. The molecule has 0 aliphatic carbocycles. The molecule has 2 heterocycles. The number of hydrogen-bond donors (Lipinski definition) is 1. The molecule has 0 aliphatic rings. The molecule has 0 fully saturated rings. The maximum atomic E-state index is 8.82. The third-order valence-electron chi connectivity index (χ3n) is 2.17. The highest BCUT2D eigenvalue weighted by atomic mass is 35.5. The quantitative estimate of drug-likeness (QED) is 0.922. The van der Waals surface area contributed by atoms with E-state index in [1.54, 1.807) is 29.1 Å². The van der Waals surface area contributed by atoms with Crippen molar-refractivity contribution >= 4 is 28.8 Å². The second-order valence-electron chi connectivity index (χ2n) is 3.29. The highest BCUT2D eigenvalue weighted by Gasteiger charge is 2.06. The van der Waals surface area contributed by atoms with Crippen molar-refractivity contribution in [3.8, 4) is 6.07 Å². The van der Waals surface area contributed by atoms with Crippen LogP contribution in [0.3, 0.4) is 0 Å². The summed E-state index contributed by atoms with van der Waals surface area (Å²) in [5.74, 6) is 0.543. The van der Waals surface area contributed by atoms with Gasteiger partial charge in [-0.2, -0.15) is 5.26 Å². The number of thiazole rings is 1. The van der Waals surface area contributed by atoms with Gasteiger partial charge in [-0.25, -0.2) is 9.97 Å².